The fourth-order valence-electron chi connectivity index (χ4n) is 2.03. The van der Waals surface area contributed by atoms with Crippen LogP contribution in [0.3, 0.4) is 0 Å². The summed E-state index contributed by atoms with van der Waals surface area (Å²) >= 11 is 2.29. The van der Waals surface area contributed by atoms with Crippen molar-refractivity contribution < 1.29 is 9.47 Å². The number of halogens is 1. The van der Waals surface area contributed by atoms with E-state index in [9.17, 15) is 0 Å². The van der Waals surface area contributed by atoms with Crippen molar-refractivity contribution in [2.75, 3.05) is 18.9 Å². The predicted octanol–water partition coefficient (Wildman–Crippen LogP) is 4.89. The summed E-state index contributed by atoms with van der Waals surface area (Å²) in [6.07, 6.45) is 4.46. The molecule has 0 saturated heterocycles. The Balaban J connectivity index is 1.47. The van der Waals surface area contributed by atoms with Crippen molar-refractivity contribution in [1.29, 1.82) is 0 Å². The molecule has 0 aliphatic rings. The molecule has 2 rings (SSSR count). The average molecular weight is 411 g/mol. The van der Waals surface area contributed by atoms with Gasteiger partial charge < -0.3 is 15.2 Å². The second kappa shape index (κ2) is 9.56. The van der Waals surface area contributed by atoms with E-state index in [1.54, 1.807) is 0 Å². The molecule has 22 heavy (non-hydrogen) atoms. The Morgan fingerprint density at radius 2 is 1.14 bits per heavy atom. The lowest BCUT2D eigenvalue weighted by Gasteiger charge is -2.07. The lowest BCUT2D eigenvalue weighted by atomic mass is 10.2. The van der Waals surface area contributed by atoms with Crippen LogP contribution in [0.25, 0.3) is 0 Å². The first-order chi connectivity index (χ1) is 10.7. The van der Waals surface area contributed by atoms with Crippen molar-refractivity contribution in [3.8, 4) is 11.5 Å². The number of nitrogen functional groups attached to an aromatic ring is 1. The third-order valence-electron chi connectivity index (χ3n) is 3.27. The molecular formula is C18H22INO2. The Morgan fingerprint density at radius 1 is 0.682 bits per heavy atom. The molecule has 0 amide bonds. The molecule has 4 heteroatoms. The van der Waals surface area contributed by atoms with Gasteiger partial charge in [-0.25, -0.2) is 0 Å². The van der Waals surface area contributed by atoms with Crippen molar-refractivity contribution in [3.05, 3.63) is 52.1 Å². The number of rotatable bonds is 9. The van der Waals surface area contributed by atoms with Gasteiger partial charge >= 0.3 is 0 Å². The Hall–Kier alpha value is -1.43. The Kier molecular flexibility index (Phi) is 7.36. The zero-order valence-electron chi connectivity index (χ0n) is 12.6. The number of benzene rings is 2. The third-order valence-corrected chi connectivity index (χ3v) is 3.99. The lowest BCUT2D eigenvalue weighted by molar-refractivity contribution is 0.287. The maximum absolute atomic E-state index is 5.70. The van der Waals surface area contributed by atoms with Crippen LogP contribution in [0.15, 0.2) is 48.5 Å². The fraction of sp³-hybridized carbons (Fsp3) is 0.333. The van der Waals surface area contributed by atoms with Crippen LogP contribution in [-0.2, 0) is 0 Å². The minimum Gasteiger partial charge on any atom is -0.494 e. The van der Waals surface area contributed by atoms with Crippen LogP contribution >= 0.6 is 22.6 Å². The molecule has 0 radical (unpaired) electrons. The minimum absolute atomic E-state index is 0.752. The van der Waals surface area contributed by atoms with Gasteiger partial charge in [0.15, 0.2) is 0 Å². The van der Waals surface area contributed by atoms with Gasteiger partial charge in [-0.15, -0.1) is 0 Å². The molecule has 2 aromatic rings. The van der Waals surface area contributed by atoms with Crippen LogP contribution in [0.4, 0.5) is 5.69 Å². The fourth-order valence-corrected chi connectivity index (χ4v) is 2.39. The third kappa shape index (κ3) is 6.56. The molecule has 0 aliphatic heterocycles. The summed E-state index contributed by atoms with van der Waals surface area (Å²) < 4.78 is 12.6. The van der Waals surface area contributed by atoms with E-state index in [0.717, 1.165) is 56.1 Å². The molecule has 0 spiro atoms. The molecule has 0 saturated carbocycles. The predicted molar refractivity (Wildman–Crippen MR) is 99.5 cm³/mol. The van der Waals surface area contributed by atoms with E-state index in [4.69, 9.17) is 15.2 Å². The van der Waals surface area contributed by atoms with Gasteiger partial charge in [0.05, 0.1) is 13.2 Å². The van der Waals surface area contributed by atoms with Crippen molar-refractivity contribution in [1.82, 2.24) is 0 Å². The molecule has 0 aromatic heterocycles. The topological polar surface area (TPSA) is 44.5 Å². The van der Waals surface area contributed by atoms with E-state index in [2.05, 4.69) is 34.7 Å². The van der Waals surface area contributed by atoms with E-state index < -0.39 is 0 Å². The van der Waals surface area contributed by atoms with Crippen LogP contribution in [-0.4, -0.2) is 13.2 Å². The largest absolute Gasteiger partial charge is 0.494 e. The number of hydrogen-bond donors (Lipinski definition) is 1. The first-order valence-electron chi connectivity index (χ1n) is 7.61. The second-order valence-corrected chi connectivity index (χ2v) is 6.38. The highest BCUT2D eigenvalue weighted by molar-refractivity contribution is 14.1. The van der Waals surface area contributed by atoms with Gasteiger partial charge in [0.25, 0.3) is 0 Å². The highest BCUT2D eigenvalue weighted by atomic mass is 127. The lowest BCUT2D eigenvalue weighted by Crippen LogP contribution is -2.00. The maximum Gasteiger partial charge on any atom is 0.119 e. The Bertz CT molecular complexity index is 489. The van der Waals surface area contributed by atoms with Crippen molar-refractivity contribution >= 4 is 28.3 Å². The molecular weight excluding hydrogens is 389 g/mol. The normalized spacial score (nSPS) is 10.4. The molecule has 0 aliphatic carbocycles. The van der Waals surface area contributed by atoms with E-state index >= 15 is 0 Å². The molecule has 0 bridgehead atoms. The number of hydrogen-bond acceptors (Lipinski definition) is 3. The monoisotopic (exact) mass is 411 g/mol. The molecule has 0 heterocycles. The van der Waals surface area contributed by atoms with Gasteiger partial charge in [-0.05, 0) is 96.8 Å². The standard InChI is InChI=1S/C18H22INO2/c19-15-5-9-17(10-6-15)21-13-3-1-2-4-14-22-18-11-7-16(20)8-12-18/h5-12H,1-4,13-14,20H2. The van der Waals surface area contributed by atoms with Crippen LogP contribution in [0.1, 0.15) is 25.7 Å². The van der Waals surface area contributed by atoms with E-state index in [1.807, 2.05) is 36.4 Å². The van der Waals surface area contributed by atoms with Crippen LogP contribution in [0.5, 0.6) is 11.5 Å². The first kappa shape index (κ1) is 16.9. The van der Waals surface area contributed by atoms with E-state index in [0.29, 0.717) is 0 Å². The SMILES string of the molecule is Nc1ccc(OCCCCCCOc2ccc(I)cc2)cc1. The van der Waals surface area contributed by atoms with Gasteiger partial charge in [0, 0.05) is 9.26 Å². The summed E-state index contributed by atoms with van der Waals surface area (Å²) in [5.41, 5.74) is 6.40. The summed E-state index contributed by atoms with van der Waals surface area (Å²) in [7, 11) is 0. The first-order valence-corrected chi connectivity index (χ1v) is 8.68. The summed E-state index contributed by atoms with van der Waals surface area (Å²) in [5, 5.41) is 0. The summed E-state index contributed by atoms with van der Waals surface area (Å²) in [4.78, 5) is 0. The van der Waals surface area contributed by atoms with Gasteiger partial charge in [0.1, 0.15) is 11.5 Å². The van der Waals surface area contributed by atoms with Crippen LogP contribution in [0.2, 0.25) is 0 Å². The van der Waals surface area contributed by atoms with E-state index in [-0.39, 0.29) is 0 Å². The summed E-state index contributed by atoms with van der Waals surface area (Å²) in [5.74, 6) is 1.84. The molecule has 2 aromatic carbocycles. The van der Waals surface area contributed by atoms with E-state index in [1.165, 1.54) is 3.57 Å². The highest BCUT2D eigenvalue weighted by Crippen LogP contribution is 2.15. The van der Waals surface area contributed by atoms with Gasteiger partial charge in [0.2, 0.25) is 0 Å². The zero-order valence-corrected chi connectivity index (χ0v) is 14.8. The smallest absolute Gasteiger partial charge is 0.119 e. The van der Waals surface area contributed by atoms with Crippen LogP contribution in [0, 0.1) is 3.57 Å². The van der Waals surface area contributed by atoms with Crippen molar-refractivity contribution in [2.45, 2.75) is 25.7 Å². The van der Waals surface area contributed by atoms with Crippen molar-refractivity contribution in [3.63, 3.8) is 0 Å². The molecule has 3 nitrogen and oxygen atoms in total. The zero-order chi connectivity index (χ0) is 15.6. The summed E-state index contributed by atoms with van der Waals surface area (Å²) in [6.45, 7) is 1.53. The number of unbranched alkanes of at least 4 members (excludes halogenated alkanes) is 3. The molecule has 2 N–H and O–H groups in total. The molecule has 0 unspecified atom stereocenters. The second-order valence-electron chi connectivity index (χ2n) is 5.13. The molecule has 0 atom stereocenters. The molecule has 118 valence electrons. The van der Waals surface area contributed by atoms with Crippen molar-refractivity contribution in [2.24, 2.45) is 0 Å². The number of nitrogens with two attached hydrogens (primary N) is 1. The minimum atomic E-state index is 0.752. The Labute approximate surface area is 146 Å². The maximum atomic E-state index is 5.70. The number of anilines is 1. The quantitative estimate of drug-likeness (QED) is 0.363. The summed E-state index contributed by atoms with van der Waals surface area (Å²) in [6, 6.07) is 15.7. The molecule has 0 fully saturated rings. The van der Waals surface area contributed by atoms with Gasteiger partial charge in [-0.2, -0.15) is 0 Å². The van der Waals surface area contributed by atoms with Gasteiger partial charge in [-0.1, -0.05) is 0 Å². The average Bonchev–Trinajstić information content (AvgIpc) is 2.53. The highest BCUT2D eigenvalue weighted by Gasteiger charge is 1.96. The van der Waals surface area contributed by atoms with Gasteiger partial charge in [-0.3, -0.25) is 0 Å². The van der Waals surface area contributed by atoms with Crippen LogP contribution < -0.4 is 15.2 Å². The Morgan fingerprint density at radius 3 is 1.64 bits per heavy atom. The number of ether oxygens (including phenoxy) is 2.